The average Bonchev–Trinajstić information content (AvgIpc) is 2.47. The van der Waals surface area contributed by atoms with Crippen LogP contribution in [0.25, 0.3) is 0 Å². The quantitative estimate of drug-likeness (QED) is 0.759. The summed E-state index contributed by atoms with van der Waals surface area (Å²) in [6.07, 6.45) is 0. The molecule has 0 saturated heterocycles. The van der Waals surface area contributed by atoms with Crippen LogP contribution in [0, 0.1) is 0 Å². The Labute approximate surface area is 86.1 Å². The zero-order valence-electron chi connectivity index (χ0n) is 7.65. The lowest BCUT2D eigenvalue weighted by atomic mass is 9.96. The zero-order chi connectivity index (χ0) is 10.3. The van der Waals surface area contributed by atoms with Crippen LogP contribution in [-0.4, -0.2) is 12.5 Å². The molecule has 0 bridgehead atoms. The summed E-state index contributed by atoms with van der Waals surface area (Å²) in [7, 11) is 0. The van der Waals surface area contributed by atoms with Crippen molar-refractivity contribution in [1.82, 2.24) is 0 Å². The number of halogens is 3. The van der Waals surface area contributed by atoms with Crippen molar-refractivity contribution in [2.24, 2.45) is 0 Å². The molecule has 0 saturated carbocycles. The largest absolute Gasteiger partial charge is 0.383 e. The van der Waals surface area contributed by atoms with Crippen molar-refractivity contribution in [1.29, 1.82) is 0 Å². The number of fused-ring (bicyclic) bond motifs is 1. The molecule has 14 heavy (non-hydrogen) atoms. The van der Waals surface area contributed by atoms with E-state index in [4.69, 9.17) is 11.6 Å². The SMILES string of the molecule is CC(F)(F)C1CNc2c(Cl)cccc21. The highest BCUT2D eigenvalue weighted by molar-refractivity contribution is 6.33. The van der Waals surface area contributed by atoms with E-state index in [0.29, 0.717) is 16.3 Å². The van der Waals surface area contributed by atoms with Crippen molar-refractivity contribution in [2.45, 2.75) is 18.8 Å². The van der Waals surface area contributed by atoms with Gasteiger partial charge in [0.1, 0.15) is 0 Å². The zero-order valence-corrected chi connectivity index (χ0v) is 8.41. The molecule has 1 N–H and O–H groups in total. The van der Waals surface area contributed by atoms with Gasteiger partial charge in [0.15, 0.2) is 0 Å². The van der Waals surface area contributed by atoms with Crippen molar-refractivity contribution in [3.05, 3.63) is 28.8 Å². The second-order valence-corrected chi connectivity index (χ2v) is 4.00. The lowest BCUT2D eigenvalue weighted by Gasteiger charge is -2.18. The molecule has 0 aliphatic carbocycles. The van der Waals surface area contributed by atoms with Gasteiger partial charge in [0.05, 0.1) is 16.6 Å². The van der Waals surface area contributed by atoms with E-state index in [0.717, 1.165) is 6.92 Å². The van der Waals surface area contributed by atoms with Gasteiger partial charge in [0.2, 0.25) is 0 Å². The number of rotatable bonds is 1. The highest BCUT2D eigenvalue weighted by Gasteiger charge is 2.40. The molecule has 1 aromatic rings. The first-order valence-electron chi connectivity index (χ1n) is 4.40. The first-order chi connectivity index (χ1) is 6.50. The smallest absolute Gasteiger partial charge is 0.253 e. The van der Waals surface area contributed by atoms with Crippen LogP contribution < -0.4 is 5.32 Å². The van der Waals surface area contributed by atoms with Gasteiger partial charge in [-0.2, -0.15) is 0 Å². The van der Waals surface area contributed by atoms with Crippen LogP contribution >= 0.6 is 11.6 Å². The molecule has 0 amide bonds. The Morgan fingerprint density at radius 1 is 1.50 bits per heavy atom. The van der Waals surface area contributed by atoms with Crippen molar-refractivity contribution in [3.8, 4) is 0 Å². The van der Waals surface area contributed by atoms with Crippen LogP contribution in [0.2, 0.25) is 5.02 Å². The maximum atomic E-state index is 13.2. The number of nitrogens with one attached hydrogen (secondary N) is 1. The van der Waals surface area contributed by atoms with E-state index >= 15 is 0 Å². The van der Waals surface area contributed by atoms with E-state index in [1.54, 1.807) is 18.2 Å². The summed E-state index contributed by atoms with van der Waals surface area (Å²) in [6.45, 7) is 1.19. The van der Waals surface area contributed by atoms with Crippen LogP contribution in [0.1, 0.15) is 18.4 Å². The summed E-state index contributed by atoms with van der Waals surface area (Å²) in [4.78, 5) is 0. The normalized spacial score (nSPS) is 20.4. The summed E-state index contributed by atoms with van der Waals surface area (Å²) in [6, 6.07) is 5.10. The molecule has 1 nitrogen and oxygen atoms in total. The minimum absolute atomic E-state index is 0.253. The maximum absolute atomic E-state index is 13.2. The molecule has 0 spiro atoms. The minimum Gasteiger partial charge on any atom is -0.383 e. The molecule has 1 aliphatic heterocycles. The predicted molar refractivity (Wildman–Crippen MR) is 53.3 cm³/mol. The molecular formula is C10H10ClF2N. The molecule has 1 unspecified atom stereocenters. The number of alkyl halides is 2. The van der Waals surface area contributed by atoms with Gasteiger partial charge in [-0.25, -0.2) is 8.78 Å². The summed E-state index contributed by atoms with van der Waals surface area (Å²) >= 11 is 5.88. The molecule has 2 rings (SSSR count). The maximum Gasteiger partial charge on any atom is 0.253 e. The Balaban J connectivity index is 2.45. The number of benzene rings is 1. The Hall–Kier alpha value is -0.830. The number of hydrogen-bond acceptors (Lipinski definition) is 1. The highest BCUT2D eigenvalue weighted by atomic mass is 35.5. The van der Waals surface area contributed by atoms with Crippen molar-refractivity contribution >= 4 is 17.3 Å². The first-order valence-corrected chi connectivity index (χ1v) is 4.78. The van der Waals surface area contributed by atoms with Crippen molar-refractivity contribution in [2.75, 3.05) is 11.9 Å². The second kappa shape index (κ2) is 3.09. The standard InChI is InChI=1S/C10H10ClF2N/c1-10(12,13)7-5-14-9-6(7)3-2-4-8(9)11/h2-4,7,14H,5H2,1H3. The predicted octanol–water partition coefficient (Wildman–Crippen LogP) is 3.50. The third-order valence-electron chi connectivity index (χ3n) is 2.52. The molecule has 1 aliphatic rings. The van der Waals surface area contributed by atoms with Gasteiger partial charge < -0.3 is 5.32 Å². The van der Waals surface area contributed by atoms with Crippen LogP contribution in [0.15, 0.2) is 18.2 Å². The monoisotopic (exact) mass is 217 g/mol. The van der Waals surface area contributed by atoms with Gasteiger partial charge in [-0.1, -0.05) is 23.7 Å². The Morgan fingerprint density at radius 2 is 2.21 bits per heavy atom. The molecule has 4 heteroatoms. The Bertz CT molecular complexity index is 360. The van der Waals surface area contributed by atoms with E-state index < -0.39 is 11.8 Å². The first kappa shape index (κ1) is 9.71. The van der Waals surface area contributed by atoms with Crippen molar-refractivity contribution in [3.63, 3.8) is 0 Å². The molecule has 76 valence electrons. The van der Waals surface area contributed by atoms with Crippen molar-refractivity contribution < 1.29 is 8.78 Å². The fraction of sp³-hybridized carbons (Fsp3) is 0.400. The van der Waals surface area contributed by atoms with Crippen LogP contribution in [0.5, 0.6) is 0 Å². The van der Waals surface area contributed by atoms with Gasteiger partial charge >= 0.3 is 0 Å². The van der Waals surface area contributed by atoms with Gasteiger partial charge in [0, 0.05) is 13.5 Å². The van der Waals surface area contributed by atoms with Gasteiger partial charge in [-0.15, -0.1) is 0 Å². The van der Waals surface area contributed by atoms with E-state index in [2.05, 4.69) is 5.32 Å². The molecular weight excluding hydrogens is 208 g/mol. The number of para-hydroxylation sites is 1. The summed E-state index contributed by atoms with van der Waals surface area (Å²) in [5.41, 5.74) is 1.27. The summed E-state index contributed by atoms with van der Waals surface area (Å²) in [5, 5.41) is 3.42. The summed E-state index contributed by atoms with van der Waals surface area (Å²) < 4.78 is 26.3. The fourth-order valence-corrected chi connectivity index (χ4v) is 2.03. The lowest BCUT2D eigenvalue weighted by molar-refractivity contribution is -0.00184. The Kier molecular flexibility index (Phi) is 2.14. The van der Waals surface area contributed by atoms with Crippen LogP contribution in [-0.2, 0) is 0 Å². The molecule has 0 fully saturated rings. The van der Waals surface area contributed by atoms with E-state index in [1.807, 2.05) is 0 Å². The third kappa shape index (κ3) is 1.46. The topological polar surface area (TPSA) is 12.0 Å². The molecule has 0 aromatic heterocycles. The van der Waals surface area contributed by atoms with Gasteiger partial charge in [0.25, 0.3) is 5.92 Å². The fourth-order valence-electron chi connectivity index (χ4n) is 1.78. The van der Waals surface area contributed by atoms with Gasteiger partial charge in [-0.05, 0) is 11.6 Å². The number of anilines is 1. The average molecular weight is 218 g/mol. The molecule has 1 heterocycles. The number of hydrogen-bond donors (Lipinski definition) is 1. The van der Waals surface area contributed by atoms with E-state index in [9.17, 15) is 8.78 Å². The molecule has 1 atom stereocenters. The Morgan fingerprint density at radius 3 is 2.86 bits per heavy atom. The summed E-state index contributed by atoms with van der Waals surface area (Å²) in [5.74, 6) is -3.47. The van der Waals surface area contributed by atoms with E-state index in [1.165, 1.54) is 0 Å². The highest BCUT2D eigenvalue weighted by Crippen LogP contribution is 2.43. The van der Waals surface area contributed by atoms with Crippen LogP contribution in [0.4, 0.5) is 14.5 Å². The molecule has 0 radical (unpaired) electrons. The molecule has 1 aromatic carbocycles. The van der Waals surface area contributed by atoms with Crippen LogP contribution in [0.3, 0.4) is 0 Å². The minimum atomic E-state index is -2.71. The lowest BCUT2D eigenvalue weighted by Crippen LogP contribution is -2.23. The third-order valence-corrected chi connectivity index (χ3v) is 2.83. The second-order valence-electron chi connectivity index (χ2n) is 3.59. The van der Waals surface area contributed by atoms with E-state index in [-0.39, 0.29) is 6.54 Å². The van der Waals surface area contributed by atoms with Gasteiger partial charge in [-0.3, -0.25) is 0 Å².